The number of hydrogen-bond donors (Lipinski definition) is 0. The molecule has 0 aliphatic heterocycles. The predicted molar refractivity (Wildman–Crippen MR) is 76.5 cm³/mol. The summed E-state index contributed by atoms with van der Waals surface area (Å²) in [5.74, 6) is 1.46. The van der Waals surface area contributed by atoms with Crippen molar-refractivity contribution < 1.29 is 13.7 Å². The van der Waals surface area contributed by atoms with Gasteiger partial charge in [0, 0.05) is 22.3 Å². The Hall–Kier alpha value is -1.16. The van der Waals surface area contributed by atoms with E-state index < -0.39 is 10.8 Å². The van der Waals surface area contributed by atoms with Gasteiger partial charge < -0.3 is 4.74 Å². The van der Waals surface area contributed by atoms with Crippen molar-refractivity contribution in [3.8, 4) is 0 Å². The first-order chi connectivity index (χ1) is 9.20. The van der Waals surface area contributed by atoms with E-state index in [1.807, 2.05) is 12.1 Å². The number of hydrogen-bond acceptors (Lipinski definition) is 3. The van der Waals surface area contributed by atoms with Gasteiger partial charge in [-0.25, -0.2) is 4.79 Å². The Kier molecular flexibility index (Phi) is 5.14. The highest BCUT2D eigenvalue weighted by atomic mass is 32.2. The van der Waals surface area contributed by atoms with Gasteiger partial charge in [-0.1, -0.05) is 31.0 Å². The quantitative estimate of drug-likeness (QED) is 0.779. The van der Waals surface area contributed by atoms with Crippen LogP contribution < -0.4 is 0 Å². The van der Waals surface area contributed by atoms with Crippen molar-refractivity contribution in [3.05, 3.63) is 35.4 Å². The normalized spacial score (nSPS) is 17.3. The molecule has 1 aromatic rings. The fourth-order valence-electron chi connectivity index (χ4n) is 2.63. The van der Waals surface area contributed by atoms with E-state index in [2.05, 4.69) is 0 Å². The van der Waals surface area contributed by atoms with Crippen molar-refractivity contribution in [1.29, 1.82) is 0 Å². The zero-order valence-electron chi connectivity index (χ0n) is 11.3. The third-order valence-corrected chi connectivity index (χ3v) is 5.11. The van der Waals surface area contributed by atoms with Crippen LogP contribution in [0.5, 0.6) is 0 Å². The van der Waals surface area contributed by atoms with Crippen molar-refractivity contribution >= 4 is 16.8 Å². The Bertz CT molecular complexity index is 464. The number of methoxy groups -OCH3 is 1. The molecule has 0 heterocycles. The maximum atomic E-state index is 12.2. The largest absolute Gasteiger partial charge is 0.465 e. The van der Waals surface area contributed by atoms with Crippen LogP contribution in [0.4, 0.5) is 0 Å². The van der Waals surface area contributed by atoms with Crippen molar-refractivity contribution in [2.24, 2.45) is 5.92 Å². The van der Waals surface area contributed by atoms with E-state index in [1.54, 1.807) is 12.1 Å². The minimum Gasteiger partial charge on any atom is -0.465 e. The van der Waals surface area contributed by atoms with Gasteiger partial charge in [-0.05, 0) is 30.4 Å². The molecular formula is C15H20O3S. The lowest BCUT2D eigenvalue weighted by molar-refractivity contribution is 0.0600. The van der Waals surface area contributed by atoms with Crippen LogP contribution in [-0.2, 0) is 21.3 Å². The number of carbonyl (C=O) groups is 1. The van der Waals surface area contributed by atoms with Gasteiger partial charge in [-0.2, -0.15) is 0 Å². The summed E-state index contributed by atoms with van der Waals surface area (Å²) in [5.41, 5.74) is 1.36. The fraction of sp³-hybridized carbons (Fsp3) is 0.533. The van der Waals surface area contributed by atoms with Crippen LogP contribution in [0.3, 0.4) is 0 Å². The first-order valence-electron chi connectivity index (χ1n) is 6.72. The second-order valence-corrected chi connectivity index (χ2v) is 6.55. The summed E-state index contributed by atoms with van der Waals surface area (Å²) < 4.78 is 16.9. The third kappa shape index (κ3) is 3.90. The minimum atomic E-state index is -0.897. The van der Waals surface area contributed by atoms with Gasteiger partial charge >= 0.3 is 5.97 Å². The molecule has 0 saturated heterocycles. The summed E-state index contributed by atoms with van der Waals surface area (Å²) in [7, 11) is 0.472. The van der Waals surface area contributed by atoms with E-state index in [0.29, 0.717) is 17.2 Å². The van der Waals surface area contributed by atoms with E-state index in [9.17, 15) is 9.00 Å². The number of carbonyl (C=O) groups excluding carboxylic acids is 1. The Morgan fingerprint density at radius 1 is 1.32 bits per heavy atom. The molecule has 0 spiro atoms. The van der Waals surface area contributed by atoms with Crippen molar-refractivity contribution in [2.45, 2.75) is 31.4 Å². The Morgan fingerprint density at radius 3 is 2.68 bits per heavy atom. The van der Waals surface area contributed by atoms with Crippen molar-refractivity contribution in [3.63, 3.8) is 0 Å². The molecule has 0 aromatic heterocycles. The fourth-order valence-corrected chi connectivity index (χ4v) is 4.20. The second kappa shape index (κ2) is 6.85. The molecule has 1 aliphatic rings. The van der Waals surface area contributed by atoms with Gasteiger partial charge in [0.25, 0.3) is 0 Å². The smallest absolute Gasteiger partial charge is 0.338 e. The zero-order valence-corrected chi connectivity index (χ0v) is 12.1. The molecular weight excluding hydrogens is 260 g/mol. The first kappa shape index (κ1) is 14.3. The summed E-state index contributed by atoms with van der Waals surface area (Å²) in [6.45, 7) is 0. The van der Waals surface area contributed by atoms with Crippen molar-refractivity contribution in [2.75, 3.05) is 12.9 Å². The van der Waals surface area contributed by atoms with Crippen LogP contribution in [0, 0.1) is 5.92 Å². The molecule has 1 aromatic carbocycles. The monoisotopic (exact) mass is 280 g/mol. The van der Waals surface area contributed by atoms with Crippen LogP contribution in [0.25, 0.3) is 0 Å². The van der Waals surface area contributed by atoms with E-state index in [1.165, 1.54) is 32.8 Å². The van der Waals surface area contributed by atoms with E-state index in [-0.39, 0.29) is 5.97 Å². The summed E-state index contributed by atoms with van der Waals surface area (Å²) in [4.78, 5) is 11.6. The summed E-state index contributed by atoms with van der Waals surface area (Å²) >= 11 is 0. The van der Waals surface area contributed by atoms with Gasteiger partial charge in [-0.15, -0.1) is 0 Å². The Labute approximate surface area is 116 Å². The summed E-state index contributed by atoms with van der Waals surface area (Å²) in [6, 6.07) is 7.26. The van der Waals surface area contributed by atoms with Gasteiger partial charge in [0.05, 0.1) is 12.7 Å². The summed E-state index contributed by atoms with van der Waals surface area (Å²) in [5, 5.41) is 0. The molecule has 4 heteroatoms. The van der Waals surface area contributed by atoms with Gasteiger partial charge in [-0.3, -0.25) is 4.21 Å². The molecule has 0 radical (unpaired) electrons. The highest BCUT2D eigenvalue weighted by Gasteiger charge is 2.19. The molecule has 2 rings (SSSR count). The average Bonchev–Trinajstić information content (AvgIpc) is 2.91. The Morgan fingerprint density at radius 2 is 2.00 bits per heavy atom. The number of rotatable bonds is 5. The van der Waals surface area contributed by atoms with Crippen LogP contribution in [0.15, 0.2) is 24.3 Å². The van der Waals surface area contributed by atoms with Gasteiger partial charge in [0.1, 0.15) is 0 Å². The lowest BCUT2D eigenvalue weighted by Crippen LogP contribution is -2.12. The molecule has 19 heavy (non-hydrogen) atoms. The van der Waals surface area contributed by atoms with Crippen LogP contribution in [0.2, 0.25) is 0 Å². The minimum absolute atomic E-state index is 0.353. The average molecular weight is 280 g/mol. The molecule has 1 saturated carbocycles. The topological polar surface area (TPSA) is 43.4 Å². The maximum absolute atomic E-state index is 12.2. The molecule has 104 valence electrons. The molecule has 1 fully saturated rings. The highest BCUT2D eigenvalue weighted by molar-refractivity contribution is 7.84. The predicted octanol–water partition coefficient (Wildman–Crippen LogP) is 2.91. The van der Waals surface area contributed by atoms with Gasteiger partial charge in [0.15, 0.2) is 0 Å². The number of benzene rings is 1. The van der Waals surface area contributed by atoms with Gasteiger partial charge in [0.2, 0.25) is 0 Å². The summed E-state index contributed by atoms with van der Waals surface area (Å²) in [6.07, 6.45) is 4.93. The third-order valence-electron chi connectivity index (χ3n) is 3.64. The molecule has 3 nitrogen and oxygen atoms in total. The zero-order chi connectivity index (χ0) is 13.7. The molecule has 0 N–H and O–H groups in total. The Balaban J connectivity index is 2.01. The lowest BCUT2D eigenvalue weighted by Gasteiger charge is -2.10. The SMILES string of the molecule is COC(=O)c1ccccc1CS(=O)CC1CCCC1. The number of esters is 1. The molecule has 1 aliphatic carbocycles. The van der Waals surface area contributed by atoms with Crippen LogP contribution >= 0.6 is 0 Å². The molecule has 1 unspecified atom stereocenters. The van der Waals surface area contributed by atoms with E-state index >= 15 is 0 Å². The van der Waals surface area contributed by atoms with Crippen LogP contribution in [0.1, 0.15) is 41.6 Å². The lowest BCUT2D eigenvalue weighted by atomic mass is 10.1. The van der Waals surface area contributed by atoms with Crippen molar-refractivity contribution in [1.82, 2.24) is 0 Å². The standard InChI is InChI=1S/C15H20O3S/c1-18-15(16)14-9-5-4-8-13(14)11-19(17)10-12-6-2-3-7-12/h4-5,8-9,12H,2-3,6-7,10-11H2,1H3. The molecule has 0 amide bonds. The highest BCUT2D eigenvalue weighted by Crippen LogP contribution is 2.26. The second-order valence-electron chi connectivity index (χ2n) is 5.05. The number of ether oxygens (including phenoxy) is 1. The van der Waals surface area contributed by atoms with E-state index in [0.717, 1.165) is 11.3 Å². The van der Waals surface area contributed by atoms with E-state index in [4.69, 9.17) is 4.74 Å². The van der Waals surface area contributed by atoms with Crippen LogP contribution in [-0.4, -0.2) is 23.0 Å². The molecule has 1 atom stereocenters. The maximum Gasteiger partial charge on any atom is 0.338 e. The first-order valence-corrected chi connectivity index (χ1v) is 8.20. The molecule has 0 bridgehead atoms.